The molecule has 144 valence electrons. The second kappa shape index (κ2) is 8.39. The minimum absolute atomic E-state index is 0.216. The van der Waals surface area contributed by atoms with Crippen molar-refractivity contribution in [2.75, 3.05) is 27.3 Å². The number of hydrogen-bond donors (Lipinski definition) is 1. The predicted molar refractivity (Wildman–Crippen MR) is 99.7 cm³/mol. The first-order chi connectivity index (χ1) is 13.0. The summed E-state index contributed by atoms with van der Waals surface area (Å²) in [6, 6.07) is 11.8. The van der Waals surface area contributed by atoms with Crippen molar-refractivity contribution in [2.45, 2.75) is 18.9 Å². The van der Waals surface area contributed by atoms with E-state index in [1.165, 1.54) is 12.1 Å². The Morgan fingerprint density at radius 1 is 1.07 bits per heavy atom. The van der Waals surface area contributed by atoms with Crippen LogP contribution in [-0.2, 0) is 4.79 Å². The first-order valence-electron chi connectivity index (χ1n) is 8.98. The Morgan fingerprint density at radius 2 is 1.63 bits per heavy atom. The SMILES string of the molecule is COc1cccc(OC)c1C(c1ccc(F)cc1)N1CCC(C(=O)O)CC1. The number of aliphatic carboxylic acids is 1. The molecule has 2 aromatic rings. The lowest BCUT2D eigenvalue weighted by Gasteiger charge is -2.38. The molecule has 1 aliphatic rings. The lowest BCUT2D eigenvalue weighted by molar-refractivity contribution is -0.143. The van der Waals surface area contributed by atoms with Gasteiger partial charge in [0.05, 0.1) is 31.7 Å². The minimum atomic E-state index is -0.747. The molecule has 1 saturated heterocycles. The zero-order valence-corrected chi connectivity index (χ0v) is 15.5. The van der Waals surface area contributed by atoms with Crippen molar-refractivity contribution in [1.29, 1.82) is 0 Å². The van der Waals surface area contributed by atoms with E-state index in [1.807, 2.05) is 18.2 Å². The molecule has 1 unspecified atom stereocenters. The van der Waals surface area contributed by atoms with Gasteiger partial charge in [-0.2, -0.15) is 0 Å². The second-order valence-corrected chi connectivity index (χ2v) is 6.68. The Balaban J connectivity index is 2.04. The third-order valence-electron chi connectivity index (χ3n) is 5.17. The second-order valence-electron chi connectivity index (χ2n) is 6.68. The molecule has 6 heteroatoms. The van der Waals surface area contributed by atoms with Crippen LogP contribution in [0.1, 0.15) is 30.0 Å². The third-order valence-corrected chi connectivity index (χ3v) is 5.17. The summed E-state index contributed by atoms with van der Waals surface area (Å²) < 4.78 is 24.7. The highest BCUT2D eigenvalue weighted by Gasteiger charge is 2.33. The number of likely N-dealkylation sites (tertiary alicyclic amines) is 1. The molecule has 5 nitrogen and oxygen atoms in total. The number of piperidine rings is 1. The van der Waals surface area contributed by atoms with Gasteiger partial charge in [0.25, 0.3) is 0 Å². The van der Waals surface area contributed by atoms with Crippen LogP contribution in [0.15, 0.2) is 42.5 Å². The number of hydrogen-bond acceptors (Lipinski definition) is 4. The normalized spacial score (nSPS) is 16.7. The maximum atomic E-state index is 13.5. The molecule has 1 N–H and O–H groups in total. The quantitative estimate of drug-likeness (QED) is 0.836. The molecule has 1 aliphatic heterocycles. The molecule has 1 atom stereocenters. The fraction of sp³-hybridized carbons (Fsp3) is 0.381. The van der Waals surface area contributed by atoms with Gasteiger partial charge in [0.1, 0.15) is 17.3 Å². The lowest BCUT2D eigenvalue weighted by atomic mass is 9.90. The van der Waals surface area contributed by atoms with E-state index in [9.17, 15) is 14.3 Å². The highest BCUT2D eigenvalue weighted by Crippen LogP contribution is 2.42. The fourth-order valence-electron chi connectivity index (χ4n) is 3.76. The first kappa shape index (κ1) is 19.2. The van der Waals surface area contributed by atoms with Crippen LogP contribution in [0.25, 0.3) is 0 Å². The molecule has 2 aromatic carbocycles. The van der Waals surface area contributed by atoms with Gasteiger partial charge < -0.3 is 14.6 Å². The Hall–Kier alpha value is -2.60. The number of halogens is 1. The van der Waals surface area contributed by atoms with Gasteiger partial charge >= 0.3 is 5.97 Å². The Bertz CT molecular complexity index is 763. The van der Waals surface area contributed by atoms with Crippen molar-refractivity contribution >= 4 is 5.97 Å². The van der Waals surface area contributed by atoms with Crippen molar-refractivity contribution in [3.63, 3.8) is 0 Å². The van der Waals surface area contributed by atoms with Crippen LogP contribution in [0.4, 0.5) is 4.39 Å². The van der Waals surface area contributed by atoms with Crippen LogP contribution < -0.4 is 9.47 Å². The molecule has 0 aliphatic carbocycles. The summed E-state index contributed by atoms with van der Waals surface area (Å²) in [5.41, 5.74) is 1.77. The number of carboxylic acid groups (broad SMARTS) is 1. The highest BCUT2D eigenvalue weighted by atomic mass is 19.1. The maximum Gasteiger partial charge on any atom is 0.306 e. The average Bonchev–Trinajstić information content (AvgIpc) is 2.70. The van der Waals surface area contributed by atoms with E-state index in [0.29, 0.717) is 37.4 Å². The third kappa shape index (κ3) is 4.06. The van der Waals surface area contributed by atoms with Crippen LogP contribution in [0.3, 0.4) is 0 Å². The number of carboxylic acids is 1. The minimum Gasteiger partial charge on any atom is -0.496 e. The van der Waals surface area contributed by atoms with Gasteiger partial charge in [0, 0.05) is 0 Å². The van der Waals surface area contributed by atoms with Crippen LogP contribution in [0, 0.1) is 11.7 Å². The maximum absolute atomic E-state index is 13.5. The van der Waals surface area contributed by atoms with E-state index in [4.69, 9.17) is 9.47 Å². The van der Waals surface area contributed by atoms with E-state index in [-0.39, 0.29) is 17.8 Å². The zero-order valence-electron chi connectivity index (χ0n) is 15.5. The number of methoxy groups -OCH3 is 2. The summed E-state index contributed by atoms with van der Waals surface area (Å²) in [6.07, 6.45) is 1.15. The van der Waals surface area contributed by atoms with E-state index in [0.717, 1.165) is 11.1 Å². The van der Waals surface area contributed by atoms with Gasteiger partial charge in [-0.3, -0.25) is 9.69 Å². The van der Waals surface area contributed by atoms with Crippen LogP contribution in [0.2, 0.25) is 0 Å². The Kier molecular flexibility index (Phi) is 5.96. The van der Waals surface area contributed by atoms with Crippen molar-refractivity contribution in [1.82, 2.24) is 4.90 Å². The molecule has 0 spiro atoms. The fourth-order valence-corrected chi connectivity index (χ4v) is 3.76. The monoisotopic (exact) mass is 373 g/mol. The first-order valence-corrected chi connectivity index (χ1v) is 8.98. The number of carbonyl (C=O) groups is 1. The van der Waals surface area contributed by atoms with Crippen LogP contribution in [-0.4, -0.2) is 43.3 Å². The molecular weight excluding hydrogens is 349 g/mol. The van der Waals surface area contributed by atoms with Crippen molar-refractivity contribution < 1.29 is 23.8 Å². The Labute approximate surface area is 158 Å². The van der Waals surface area contributed by atoms with Crippen LogP contribution in [0.5, 0.6) is 11.5 Å². The number of nitrogens with zero attached hydrogens (tertiary/aromatic N) is 1. The summed E-state index contributed by atoms with van der Waals surface area (Å²) in [5, 5.41) is 9.29. The Morgan fingerprint density at radius 3 is 2.11 bits per heavy atom. The average molecular weight is 373 g/mol. The molecule has 0 saturated carbocycles. The van der Waals surface area contributed by atoms with Crippen molar-refractivity contribution in [3.8, 4) is 11.5 Å². The van der Waals surface area contributed by atoms with Crippen molar-refractivity contribution in [3.05, 3.63) is 59.4 Å². The molecule has 3 rings (SSSR count). The van der Waals surface area contributed by atoms with Gasteiger partial charge in [-0.25, -0.2) is 4.39 Å². The van der Waals surface area contributed by atoms with Crippen LogP contribution >= 0.6 is 0 Å². The molecular formula is C21H24FNO4. The molecule has 1 fully saturated rings. The number of rotatable bonds is 6. The van der Waals surface area contributed by atoms with Gasteiger partial charge in [-0.05, 0) is 55.8 Å². The van der Waals surface area contributed by atoms with E-state index in [1.54, 1.807) is 26.4 Å². The van der Waals surface area contributed by atoms with Gasteiger partial charge in [0.2, 0.25) is 0 Å². The number of ether oxygens (including phenoxy) is 2. The van der Waals surface area contributed by atoms with E-state index < -0.39 is 5.97 Å². The molecule has 0 aromatic heterocycles. The van der Waals surface area contributed by atoms with Gasteiger partial charge in [0.15, 0.2) is 0 Å². The summed E-state index contributed by atoms with van der Waals surface area (Å²) in [7, 11) is 3.22. The molecule has 1 heterocycles. The van der Waals surface area contributed by atoms with Gasteiger partial charge in [-0.15, -0.1) is 0 Å². The lowest BCUT2D eigenvalue weighted by Crippen LogP contribution is -2.39. The highest BCUT2D eigenvalue weighted by molar-refractivity contribution is 5.70. The zero-order chi connectivity index (χ0) is 19.4. The molecule has 0 amide bonds. The largest absolute Gasteiger partial charge is 0.496 e. The van der Waals surface area contributed by atoms with Crippen molar-refractivity contribution in [2.24, 2.45) is 5.92 Å². The van der Waals surface area contributed by atoms with Gasteiger partial charge in [-0.1, -0.05) is 18.2 Å². The smallest absolute Gasteiger partial charge is 0.306 e. The topological polar surface area (TPSA) is 59.0 Å². The standard InChI is InChI=1S/C21H24FNO4/c1-26-17-4-3-5-18(27-2)19(17)20(14-6-8-16(22)9-7-14)23-12-10-15(11-13-23)21(24)25/h3-9,15,20H,10-13H2,1-2H3,(H,24,25). The summed E-state index contributed by atoms with van der Waals surface area (Å²) >= 11 is 0. The molecule has 0 radical (unpaired) electrons. The molecule has 0 bridgehead atoms. The van der Waals surface area contributed by atoms with E-state index in [2.05, 4.69) is 4.90 Å². The summed E-state index contributed by atoms with van der Waals surface area (Å²) in [5.74, 6) is -0.000296. The predicted octanol–water partition coefficient (Wildman–Crippen LogP) is 3.73. The number of benzene rings is 2. The summed E-state index contributed by atoms with van der Waals surface area (Å²) in [6.45, 7) is 1.25. The van der Waals surface area contributed by atoms with E-state index >= 15 is 0 Å². The summed E-state index contributed by atoms with van der Waals surface area (Å²) in [4.78, 5) is 13.5. The molecule has 27 heavy (non-hydrogen) atoms.